The van der Waals surface area contributed by atoms with Crippen molar-refractivity contribution in [3.05, 3.63) is 40.6 Å². The highest BCUT2D eigenvalue weighted by molar-refractivity contribution is 6.39. The lowest BCUT2D eigenvalue weighted by Gasteiger charge is -2.17. The molecule has 23 heavy (non-hydrogen) atoms. The number of nitrogens with zero attached hydrogens (tertiary/aromatic N) is 1. The Morgan fingerprint density at radius 2 is 1.78 bits per heavy atom. The maximum absolute atomic E-state index is 6.15. The maximum atomic E-state index is 6.15. The van der Waals surface area contributed by atoms with Gasteiger partial charge in [0.25, 0.3) is 0 Å². The Morgan fingerprint density at radius 3 is 2.43 bits per heavy atom. The molecule has 1 N–H and O–H groups in total. The number of rotatable bonds is 5. The van der Waals surface area contributed by atoms with E-state index in [1.807, 2.05) is 18.2 Å². The molecule has 0 atom stereocenters. The minimum Gasteiger partial charge on any atom is -0.493 e. The van der Waals surface area contributed by atoms with Crippen molar-refractivity contribution in [3.8, 4) is 11.5 Å². The van der Waals surface area contributed by atoms with Gasteiger partial charge >= 0.3 is 0 Å². The Morgan fingerprint density at radius 1 is 1.09 bits per heavy atom. The number of ether oxygens (including phenoxy) is 2. The molecule has 6 heteroatoms. The van der Waals surface area contributed by atoms with Gasteiger partial charge in [-0.1, -0.05) is 23.2 Å². The van der Waals surface area contributed by atoms with Crippen LogP contribution in [-0.2, 0) is 0 Å². The van der Waals surface area contributed by atoms with E-state index in [0.717, 1.165) is 30.0 Å². The molecule has 1 heterocycles. The SMILES string of the molecule is COc1ccc(Nc2c(Cl)cncc2Cl)cc1OC1CCCC1. The Balaban J connectivity index is 1.85. The molecule has 1 aliphatic carbocycles. The van der Waals surface area contributed by atoms with Gasteiger partial charge in [-0.2, -0.15) is 0 Å². The van der Waals surface area contributed by atoms with Gasteiger partial charge in [-0.3, -0.25) is 4.98 Å². The maximum Gasteiger partial charge on any atom is 0.163 e. The summed E-state index contributed by atoms with van der Waals surface area (Å²) >= 11 is 12.3. The summed E-state index contributed by atoms with van der Waals surface area (Å²) in [5, 5.41) is 4.15. The second-order valence-electron chi connectivity index (χ2n) is 5.49. The van der Waals surface area contributed by atoms with Crippen molar-refractivity contribution in [3.63, 3.8) is 0 Å². The Kier molecular flexibility index (Phi) is 5.13. The summed E-state index contributed by atoms with van der Waals surface area (Å²) in [6, 6.07) is 5.67. The molecule has 0 bridgehead atoms. The Hall–Kier alpha value is -1.65. The molecule has 0 radical (unpaired) electrons. The van der Waals surface area contributed by atoms with E-state index in [4.69, 9.17) is 32.7 Å². The van der Waals surface area contributed by atoms with Gasteiger partial charge in [0.05, 0.1) is 28.9 Å². The molecule has 0 unspecified atom stereocenters. The average Bonchev–Trinajstić information content (AvgIpc) is 3.04. The van der Waals surface area contributed by atoms with Crippen LogP contribution in [0.4, 0.5) is 11.4 Å². The lowest BCUT2D eigenvalue weighted by Crippen LogP contribution is -2.11. The van der Waals surface area contributed by atoms with Crippen LogP contribution in [0, 0.1) is 0 Å². The summed E-state index contributed by atoms with van der Waals surface area (Å²) in [6.07, 6.45) is 7.96. The summed E-state index contributed by atoms with van der Waals surface area (Å²) in [6.45, 7) is 0. The van der Waals surface area contributed by atoms with Crippen molar-refractivity contribution in [2.75, 3.05) is 12.4 Å². The zero-order valence-corrected chi connectivity index (χ0v) is 14.3. The molecule has 0 aliphatic heterocycles. The minimum absolute atomic E-state index is 0.257. The van der Waals surface area contributed by atoms with E-state index >= 15 is 0 Å². The smallest absolute Gasteiger partial charge is 0.163 e. The zero-order valence-electron chi connectivity index (χ0n) is 12.8. The van der Waals surface area contributed by atoms with E-state index < -0.39 is 0 Å². The van der Waals surface area contributed by atoms with E-state index in [0.29, 0.717) is 15.7 Å². The van der Waals surface area contributed by atoms with Crippen molar-refractivity contribution in [1.29, 1.82) is 0 Å². The molecule has 1 fully saturated rings. The molecule has 0 saturated heterocycles. The fourth-order valence-electron chi connectivity index (χ4n) is 2.71. The van der Waals surface area contributed by atoms with Crippen LogP contribution < -0.4 is 14.8 Å². The van der Waals surface area contributed by atoms with Gasteiger partial charge in [0.2, 0.25) is 0 Å². The molecule has 1 aromatic heterocycles. The van der Waals surface area contributed by atoms with Crippen molar-refractivity contribution >= 4 is 34.6 Å². The fourth-order valence-corrected chi connectivity index (χ4v) is 3.17. The van der Waals surface area contributed by atoms with E-state index in [2.05, 4.69) is 10.3 Å². The van der Waals surface area contributed by atoms with Crippen LogP contribution in [0.1, 0.15) is 25.7 Å². The predicted molar refractivity (Wildman–Crippen MR) is 93.4 cm³/mol. The topological polar surface area (TPSA) is 43.4 Å². The van der Waals surface area contributed by atoms with Crippen molar-refractivity contribution in [2.45, 2.75) is 31.8 Å². The largest absolute Gasteiger partial charge is 0.493 e. The Bertz CT molecular complexity index is 668. The summed E-state index contributed by atoms with van der Waals surface area (Å²) < 4.78 is 11.5. The highest BCUT2D eigenvalue weighted by Gasteiger charge is 2.19. The summed E-state index contributed by atoms with van der Waals surface area (Å²) in [7, 11) is 1.64. The first-order chi connectivity index (χ1) is 11.2. The van der Waals surface area contributed by atoms with E-state index in [1.54, 1.807) is 19.5 Å². The molecule has 1 saturated carbocycles. The third-order valence-electron chi connectivity index (χ3n) is 3.88. The summed E-state index contributed by atoms with van der Waals surface area (Å²) in [5.74, 6) is 1.44. The van der Waals surface area contributed by atoms with Gasteiger partial charge in [-0.05, 0) is 37.8 Å². The van der Waals surface area contributed by atoms with Crippen LogP contribution >= 0.6 is 23.2 Å². The van der Waals surface area contributed by atoms with Gasteiger partial charge in [-0.25, -0.2) is 0 Å². The minimum atomic E-state index is 0.257. The average molecular weight is 353 g/mol. The number of anilines is 2. The van der Waals surface area contributed by atoms with Crippen molar-refractivity contribution < 1.29 is 9.47 Å². The second kappa shape index (κ2) is 7.28. The first-order valence-corrected chi connectivity index (χ1v) is 8.33. The van der Waals surface area contributed by atoms with Crippen molar-refractivity contribution in [1.82, 2.24) is 4.98 Å². The van der Waals surface area contributed by atoms with E-state index in [1.165, 1.54) is 12.8 Å². The predicted octanol–water partition coefficient (Wildman–Crippen LogP) is 5.46. The lowest BCUT2D eigenvalue weighted by molar-refractivity contribution is 0.201. The van der Waals surface area contributed by atoms with Gasteiger partial charge in [0.15, 0.2) is 11.5 Å². The number of aromatic nitrogens is 1. The van der Waals surface area contributed by atoms with Crippen LogP contribution in [0.2, 0.25) is 10.0 Å². The third kappa shape index (κ3) is 3.82. The third-order valence-corrected chi connectivity index (χ3v) is 4.46. The van der Waals surface area contributed by atoms with Crippen LogP contribution in [0.15, 0.2) is 30.6 Å². The number of methoxy groups -OCH3 is 1. The normalized spacial score (nSPS) is 14.7. The van der Waals surface area contributed by atoms with Crippen molar-refractivity contribution in [2.24, 2.45) is 0 Å². The molecular weight excluding hydrogens is 335 g/mol. The first kappa shape index (κ1) is 16.2. The number of halogens is 2. The highest BCUT2D eigenvalue weighted by atomic mass is 35.5. The number of nitrogens with one attached hydrogen (secondary N) is 1. The molecule has 3 rings (SSSR count). The number of pyridine rings is 1. The highest BCUT2D eigenvalue weighted by Crippen LogP contribution is 2.37. The summed E-state index contributed by atoms with van der Waals surface area (Å²) in [4.78, 5) is 3.95. The molecular formula is C17H18Cl2N2O2. The monoisotopic (exact) mass is 352 g/mol. The van der Waals surface area contributed by atoms with Gasteiger partial charge in [0, 0.05) is 24.1 Å². The van der Waals surface area contributed by atoms with Gasteiger partial charge in [0.1, 0.15) is 0 Å². The lowest BCUT2D eigenvalue weighted by atomic mass is 10.2. The van der Waals surface area contributed by atoms with Crippen LogP contribution in [0.5, 0.6) is 11.5 Å². The number of benzene rings is 1. The number of hydrogen-bond donors (Lipinski definition) is 1. The van der Waals surface area contributed by atoms with Crippen LogP contribution in [0.25, 0.3) is 0 Å². The Labute approximate surface area is 145 Å². The molecule has 4 nitrogen and oxygen atoms in total. The van der Waals surface area contributed by atoms with Crippen LogP contribution in [-0.4, -0.2) is 18.2 Å². The molecule has 0 spiro atoms. The summed E-state index contributed by atoms with van der Waals surface area (Å²) in [5.41, 5.74) is 1.45. The molecule has 1 aromatic carbocycles. The fraction of sp³-hybridized carbons (Fsp3) is 0.353. The molecule has 1 aliphatic rings. The zero-order chi connectivity index (χ0) is 16.2. The molecule has 0 amide bonds. The first-order valence-electron chi connectivity index (χ1n) is 7.58. The number of hydrogen-bond acceptors (Lipinski definition) is 4. The van der Waals surface area contributed by atoms with Crippen LogP contribution in [0.3, 0.4) is 0 Å². The van der Waals surface area contributed by atoms with E-state index in [9.17, 15) is 0 Å². The quantitative estimate of drug-likeness (QED) is 0.775. The standard InChI is InChI=1S/C17H18Cl2N2O2/c1-22-15-7-6-11(8-16(15)23-12-4-2-3-5-12)21-17-13(18)9-20-10-14(17)19/h6-10,12H,2-5H2,1H3,(H,20,21). The van der Waals surface area contributed by atoms with E-state index in [-0.39, 0.29) is 6.10 Å². The molecule has 2 aromatic rings. The molecule has 122 valence electrons. The second-order valence-corrected chi connectivity index (χ2v) is 6.31. The van der Waals surface area contributed by atoms with Gasteiger partial charge < -0.3 is 14.8 Å². The van der Waals surface area contributed by atoms with Gasteiger partial charge in [-0.15, -0.1) is 0 Å².